The Morgan fingerprint density at radius 2 is 2.10 bits per heavy atom. The lowest BCUT2D eigenvalue weighted by Crippen LogP contribution is -2.46. The molecule has 0 bridgehead atoms. The summed E-state index contributed by atoms with van der Waals surface area (Å²) in [6.45, 7) is 1.31. The van der Waals surface area contributed by atoms with E-state index in [9.17, 15) is 14.0 Å². The second kappa shape index (κ2) is 12.9. The average Bonchev–Trinajstić information content (AvgIpc) is 3.71. The molecule has 2 saturated heterocycles. The van der Waals surface area contributed by atoms with E-state index in [2.05, 4.69) is 15.2 Å². The Bertz CT molecular complexity index is 2180. The molecule has 8 rings (SSSR count). The fraction of sp³-hybridized carbons (Fsp3) is 0.343. The summed E-state index contributed by atoms with van der Waals surface area (Å²) in [6, 6.07) is 7.03. The third-order valence-corrected chi connectivity index (χ3v) is 11.6. The second-order valence-electron chi connectivity index (χ2n) is 13.0. The van der Waals surface area contributed by atoms with Crippen molar-refractivity contribution in [3.63, 3.8) is 0 Å². The summed E-state index contributed by atoms with van der Waals surface area (Å²) >= 11 is 7.92. The van der Waals surface area contributed by atoms with Gasteiger partial charge in [0.25, 0.3) is 0 Å². The number of fused-ring (bicyclic) bond motifs is 2. The molecular weight excluding hydrogens is 708 g/mol. The summed E-state index contributed by atoms with van der Waals surface area (Å²) in [5, 5.41) is 13.1. The first-order valence-electron chi connectivity index (χ1n) is 16.3. The van der Waals surface area contributed by atoms with Gasteiger partial charge in [0, 0.05) is 41.2 Å². The zero-order chi connectivity index (χ0) is 35.6. The first kappa shape index (κ1) is 33.5. The van der Waals surface area contributed by atoms with E-state index in [1.807, 2.05) is 6.07 Å². The minimum Gasteiger partial charge on any atom is -0.489 e. The maximum Gasteiger partial charge on any atom is 0.227 e. The van der Waals surface area contributed by atoms with Gasteiger partial charge >= 0.3 is 0 Å². The molecule has 51 heavy (non-hydrogen) atoms. The van der Waals surface area contributed by atoms with Crippen molar-refractivity contribution in [1.29, 1.82) is 5.26 Å². The van der Waals surface area contributed by atoms with Crippen LogP contribution in [0.4, 0.5) is 34.1 Å². The number of benzene rings is 2. The predicted octanol–water partition coefficient (Wildman–Crippen LogP) is 6.90. The van der Waals surface area contributed by atoms with E-state index >= 15 is 8.78 Å². The van der Waals surface area contributed by atoms with Crippen molar-refractivity contribution in [2.24, 2.45) is 4.99 Å². The average molecular weight is 739 g/mol. The molecule has 0 saturated carbocycles. The Morgan fingerprint density at radius 3 is 2.88 bits per heavy atom. The highest BCUT2D eigenvalue weighted by Gasteiger charge is 2.49. The monoisotopic (exact) mass is 738 g/mol. The number of rotatable bonds is 7. The summed E-state index contributed by atoms with van der Waals surface area (Å²) in [5.74, 6) is -1.09. The van der Waals surface area contributed by atoms with Crippen molar-refractivity contribution in [3.8, 4) is 22.9 Å². The summed E-state index contributed by atoms with van der Waals surface area (Å²) in [6.07, 6.45) is 2.94. The van der Waals surface area contributed by atoms with Crippen LogP contribution in [0.1, 0.15) is 42.0 Å². The van der Waals surface area contributed by atoms with Crippen LogP contribution in [0.15, 0.2) is 47.9 Å². The number of nitrogens with two attached hydrogens (primary N) is 2. The fourth-order valence-electron chi connectivity index (χ4n) is 7.96. The molecule has 4 atom stereocenters. The van der Waals surface area contributed by atoms with Gasteiger partial charge in [-0.3, -0.25) is 4.90 Å². The quantitative estimate of drug-likeness (QED) is 0.173. The van der Waals surface area contributed by atoms with Crippen LogP contribution in [0.2, 0.25) is 5.02 Å². The number of pyridine rings is 1. The number of amidine groups is 1. The molecule has 16 heteroatoms. The second-order valence-corrected chi connectivity index (χ2v) is 14.4. The molecule has 4 aliphatic rings. The number of nitrogens with zero attached hydrogens (tertiary/aromatic N) is 5. The van der Waals surface area contributed by atoms with Crippen molar-refractivity contribution < 1.29 is 27.0 Å². The smallest absolute Gasteiger partial charge is 0.227 e. The van der Waals surface area contributed by atoms with E-state index in [1.165, 1.54) is 18.3 Å². The third-order valence-electron chi connectivity index (χ3n) is 10.2. The summed E-state index contributed by atoms with van der Waals surface area (Å²) in [7, 11) is 0. The number of hydrogen-bond donors (Lipinski definition) is 3. The number of nitriles is 1. The topological polar surface area (TPSA) is 138 Å². The van der Waals surface area contributed by atoms with E-state index < -0.39 is 35.7 Å². The lowest BCUT2D eigenvalue weighted by Gasteiger charge is -2.37. The molecule has 4 aliphatic heterocycles. The zero-order valence-corrected chi connectivity index (χ0v) is 28.5. The first-order valence-corrected chi connectivity index (χ1v) is 17.5. The summed E-state index contributed by atoms with van der Waals surface area (Å²) in [4.78, 5) is 12.9. The van der Waals surface area contributed by atoms with E-state index in [4.69, 9.17) is 37.5 Å². The lowest BCUT2D eigenvalue weighted by molar-refractivity contribution is 0.00159. The number of nitrogens with one attached hydrogen (secondary N) is 1. The third kappa shape index (κ3) is 5.35. The van der Waals surface area contributed by atoms with E-state index in [-0.39, 0.29) is 85.2 Å². The van der Waals surface area contributed by atoms with Gasteiger partial charge in [-0.1, -0.05) is 23.7 Å². The Balaban J connectivity index is 1.32. The molecule has 5 N–H and O–H groups in total. The molecule has 0 amide bonds. The predicted molar refractivity (Wildman–Crippen MR) is 188 cm³/mol. The van der Waals surface area contributed by atoms with Gasteiger partial charge in [0.1, 0.15) is 41.3 Å². The zero-order valence-electron chi connectivity index (χ0n) is 26.9. The van der Waals surface area contributed by atoms with Crippen LogP contribution in [0.25, 0.3) is 21.2 Å². The van der Waals surface area contributed by atoms with Gasteiger partial charge in [0.15, 0.2) is 11.6 Å². The van der Waals surface area contributed by atoms with Crippen LogP contribution in [0.5, 0.6) is 5.75 Å². The number of aromatic nitrogens is 1. The molecular formula is C35H31ClF4N8O2S. The molecule has 0 radical (unpaired) electrons. The van der Waals surface area contributed by atoms with Crippen LogP contribution in [-0.2, 0) is 4.74 Å². The van der Waals surface area contributed by atoms with E-state index in [0.717, 1.165) is 36.8 Å². The van der Waals surface area contributed by atoms with Gasteiger partial charge in [-0.15, -0.1) is 11.3 Å². The SMILES string of the molecule is N#Cc1c(N)sc2c(F)ccc(-c3c(F)c4c5c(c3Cl)OCCN(C(/C=C/F)c3cccnc3N)C5=NC(OC[C@@]35CCCN3CC(F)C5)N4)c12. The standard InChI is InChI=1S/C35H31ClF4N8O2S/c36-26-24(19-4-5-21(39)30-23(19)20(14-41)32(43)51-30)27(40)28-25-29(26)49-12-11-48(22(6-8-37)18-3-1-9-44-31(18)42)33(25)46-34(45-28)50-16-35-7-2-10-47(35)15-17(38)13-35/h1,3-6,8-9,17,22,34,45H,2,7,10-13,15-16,43H2,(H2,42,44)/b8-6+/t17?,22?,34?,35-/m0/s1. The van der Waals surface area contributed by atoms with Gasteiger partial charge in [-0.2, -0.15) is 5.26 Å². The molecule has 6 heterocycles. The first-order chi connectivity index (χ1) is 24.7. The molecule has 264 valence electrons. The molecule has 10 nitrogen and oxygen atoms in total. The number of alkyl halides is 1. The van der Waals surface area contributed by atoms with Crippen molar-refractivity contribution in [2.75, 3.05) is 49.6 Å². The lowest BCUT2D eigenvalue weighted by atomic mass is 9.94. The Labute approximate surface area is 298 Å². The fourth-order valence-corrected chi connectivity index (χ4v) is 9.24. The van der Waals surface area contributed by atoms with Crippen LogP contribution >= 0.6 is 22.9 Å². The Kier molecular flexibility index (Phi) is 8.45. The van der Waals surface area contributed by atoms with Crippen LogP contribution in [-0.4, -0.2) is 71.5 Å². The number of thiophene rings is 1. The van der Waals surface area contributed by atoms with Gasteiger partial charge < -0.3 is 31.2 Å². The summed E-state index contributed by atoms with van der Waals surface area (Å²) in [5.41, 5.74) is 12.3. The molecule has 2 fully saturated rings. The summed E-state index contributed by atoms with van der Waals surface area (Å²) < 4.78 is 73.8. The maximum atomic E-state index is 17.4. The van der Waals surface area contributed by atoms with Crippen LogP contribution in [0, 0.1) is 23.0 Å². The highest BCUT2D eigenvalue weighted by Crippen LogP contribution is 2.52. The molecule has 4 aromatic rings. The molecule has 3 unspecified atom stereocenters. The van der Waals surface area contributed by atoms with Gasteiger partial charge in [0.05, 0.1) is 52.1 Å². The van der Waals surface area contributed by atoms with E-state index in [1.54, 1.807) is 17.0 Å². The van der Waals surface area contributed by atoms with Crippen LogP contribution in [0.3, 0.4) is 0 Å². The van der Waals surface area contributed by atoms with Crippen molar-refractivity contribution in [3.05, 3.63) is 76.2 Å². The highest BCUT2D eigenvalue weighted by atomic mass is 35.5. The van der Waals surface area contributed by atoms with Crippen molar-refractivity contribution in [2.45, 2.75) is 43.4 Å². The number of hydrogen-bond acceptors (Lipinski definition) is 11. The number of ether oxygens (including phenoxy) is 2. The number of aliphatic imine (C=N–C) groups is 1. The minimum absolute atomic E-state index is 0.00218. The maximum absolute atomic E-state index is 17.4. The largest absolute Gasteiger partial charge is 0.489 e. The van der Waals surface area contributed by atoms with E-state index in [0.29, 0.717) is 24.9 Å². The normalized spacial score (nSPS) is 23.4. The van der Waals surface area contributed by atoms with Gasteiger partial charge in [-0.25, -0.2) is 27.5 Å². The van der Waals surface area contributed by atoms with Crippen LogP contribution < -0.4 is 21.5 Å². The molecule has 2 aromatic carbocycles. The minimum atomic E-state index is -1.18. The molecule has 2 aromatic heterocycles. The molecule has 0 aliphatic carbocycles. The van der Waals surface area contributed by atoms with Gasteiger partial charge in [0.2, 0.25) is 6.35 Å². The van der Waals surface area contributed by atoms with Crippen molar-refractivity contribution in [1.82, 2.24) is 14.8 Å². The number of nitrogen functional groups attached to an aromatic ring is 2. The number of halogens is 5. The highest BCUT2D eigenvalue weighted by molar-refractivity contribution is 7.23. The Hall–Kier alpha value is -4.62. The van der Waals surface area contributed by atoms with Crippen molar-refractivity contribution >= 4 is 55.4 Å². The van der Waals surface area contributed by atoms with Gasteiger partial charge in [-0.05, 0) is 43.2 Å². The number of anilines is 3. The Morgan fingerprint density at radius 1 is 1.25 bits per heavy atom. The molecule has 0 spiro atoms.